The molecule has 0 aromatic heterocycles. The van der Waals surface area contributed by atoms with Crippen LogP contribution >= 0.6 is 7.82 Å². The number of allylic oxidation sites excluding steroid dienone is 10. The maximum Gasteiger partial charge on any atom is 0.472 e. The summed E-state index contributed by atoms with van der Waals surface area (Å²) >= 11 is 0. The van der Waals surface area contributed by atoms with Crippen LogP contribution in [0.2, 0.25) is 0 Å². The van der Waals surface area contributed by atoms with Gasteiger partial charge in [-0.2, -0.15) is 0 Å². The number of unbranched alkanes of at least 4 members (excludes halogenated alkanes) is 21. The molecule has 0 aliphatic carbocycles. The van der Waals surface area contributed by atoms with Crippen LogP contribution in [0.25, 0.3) is 0 Å². The van der Waals surface area contributed by atoms with E-state index in [1.807, 2.05) is 21.1 Å². The van der Waals surface area contributed by atoms with Crippen molar-refractivity contribution in [2.45, 2.75) is 213 Å². The van der Waals surface area contributed by atoms with Crippen molar-refractivity contribution in [2.75, 3.05) is 47.5 Å². The van der Waals surface area contributed by atoms with E-state index in [4.69, 9.17) is 18.5 Å². The first kappa shape index (κ1) is 59.7. The minimum absolute atomic E-state index is 0.0167. The molecule has 9 nitrogen and oxygen atoms in total. The van der Waals surface area contributed by atoms with Gasteiger partial charge in [0, 0.05) is 12.8 Å². The van der Waals surface area contributed by atoms with Gasteiger partial charge in [0.05, 0.1) is 27.7 Å². The Morgan fingerprint density at radius 2 is 0.903 bits per heavy atom. The second-order valence-corrected chi connectivity index (χ2v) is 19.3. The molecule has 1 N–H and O–H groups in total. The summed E-state index contributed by atoms with van der Waals surface area (Å²) in [5.74, 6) is -0.893. The highest BCUT2D eigenvalue weighted by Gasteiger charge is 2.27. The first-order valence-corrected chi connectivity index (χ1v) is 26.5. The Morgan fingerprint density at radius 1 is 0.500 bits per heavy atom. The summed E-state index contributed by atoms with van der Waals surface area (Å²) in [7, 11) is 1.43. The molecular formula is C52H95NO8P+. The molecule has 0 saturated heterocycles. The van der Waals surface area contributed by atoms with Crippen LogP contribution < -0.4 is 0 Å². The molecule has 0 fully saturated rings. The number of rotatable bonds is 45. The Balaban J connectivity index is 4.36. The van der Waals surface area contributed by atoms with Crippen molar-refractivity contribution in [2.24, 2.45) is 0 Å². The fourth-order valence-corrected chi connectivity index (χ4v) is 7.31. The maximum atomic E-state index is 12.7. The molecule has 0 saturated carbocycles. The van der Waals surface area contributed by atoms with E-state index in [1.54, 1.807) is 0 Å². The quantitative estimate of drug-likeness (QED) is 0.0212. The van der Waals surface area contributed by atoms with E-state index >= 15 is 0 Å². The molecule has 10 heteroatoms. The Labute approximate surface area is 381 Å². The number of hydrogen-bond acceptors (Lipinski definition) is 7. The lowest BCUT2D eigenvalue weighted by Crippen LogP contribution is -2.37. The number of carbonyl (C=O) groups excluding carboxylic acids is 2. The minimum atomic E-state index is -4.40. The molecule has 62 heavy (non-hydrogen) atoms. The summed E-state index contributed by atoms with van der Waals surface area (Å²) in [4.78, 5) is 35.4. The monoisotopic (exact) mass is 893 g/mol. The molecule has 0 aliphatic heterocycles. The first-order valence-electron chi connectivity index (χ1n) is 25.0. The Bertz CT molecular complexity index is 1240. The number of esters is 2. The number of ether oxygens (including phenoxy) is 2. The number of quaternary nitrogens is 1. The molecule has 0 spiro atoms. The van der Waals surface area contributed by atoms with E-state index in [-0.39, 0.29) is 26.1 Å². The standard InChI is InChI=1S/C52H94NO8P/c1-6-8-10-12-14-16-18-20-22-23-24-25-26-27-28-29-31-33-35-37-39-41-43-45-52(55)61-50(49-60-62(56,57)59-47-46-53(3,4)5)48-58-51(54)44-42-40-38-36-34-32-30-21-19-17-15-13-11-9-7-2/h15,17,21,29-31,34,36-37,39,50H,6-14,16,18-20,22-28,32-33,35,38,40-49H2,1-5H3/p+1/b17-15+,30-21+,31-29+,36-34+,39-37+/t50-/m1/s1. The number of phosphoric ester groups is 1. The van der Waals surface area contributed by atoms with Crippen LogP contribution in [0.5, 0.6) is 0 Å². The SMILES string of the molecule is CCCCC/C=C/C/C=C/C/C=C/CCCCC(=O)OC[C@H](COP(=O)(O)OCC[N+](C)(C)C)OC(=O)CCC/C=C/CC/C=C/CCCCCCCCCCCCCCCC. The van der Waals surface area contributed by atoms with Gasteiger partial charge < -0.3 is 18.9 Å². The average molecular weight is 893 g/mol. The highest BCUT2D eigenvalue weighted by molar-refractivity contribution is 7.47. The predicted octanol–water partition coefficient (Wildman–Crippen LogP) is 14.8. The normalized spacial score (nSPS) is 14.0. The fraction of sp³-hybridized carbons (Fsp3) is 0.769. The number of phosphoric acid groups is 1. The van der Waals surface area contributed by atoms with Gasteiger partial charge >= 0.3 is 19.8 Å². The van der Waals surface area contributed by atoms with Gasteiger partial charge in [-0.15, -0.1) is 0 Å². The molecular weight excluding hydrogens is 798 g/mol. The van der Waals surface area contributed by atoms with Crippen molar-refractivity contribution in [3.8, 4) is 0 Å². The van der Waals surface area contributed by atoms with Gasteiger partial charge in [-0.3, -0.25) is 18.6 Å². The third-order valence-corrected chi connectivity index (χ3v) is 11.5. The van der Waals surface area contributed by atoms with Gasteiger partial charge in [0.1, 0.15) is 19.8 Å². The second kappa shape index (κ2) is 43.9. The summed E-state index contributed by atoms with van der Waals surface area (Å²) in [6.07, 6.45) is 54.4. The van der Waals surface area contributed by atoms with Crippen LogP contribution in [0.3, 0.4) is 0 Å². The molecule has 0 rings (SSSR count). The van der Waals surface area contributed by atoms with Gasteiger partial charge in [0.15, 0.2) is 6.10 Å². The van der Waals surface area contributed by atoms with E-state index in [0.717, 1.165) is 57.8 Å². The van der Waals surface area contributed by atoms with Crippen LogP contribution in [0.1, 0.15) is 206 Å². The van der Waals surface area contributed by atoms with Gasteiger partial charge in [-0.1, -0.05) is 171 Å². The second-order valence-electron chi connectivity index (χ2n) is 17.8. The summed E-state index contributed by atoms with van der Waals surface area (Å²) < 4.78 is 34.3. The largest absolute Gasteiger partial charge is 0.472 e. The van der Waals surface area contributed by atoms with Gasteiger partial charge in [0.25, 0.3) is 0 Å². The molecule has 0 radical (unpaired) electrons. The summed E-state index contributed by atoms with van der Waals surface area (Å²) in [6, 6.07) is 0. The van der Waals surface area contributed by atoms with Crippen LogP contribution in [-0.4, -0.2) is 74.9 Å². The molecule has 0 aromatic carbocycles. The third-order valence-electron chi connectivity index (χ3n) is 10.5. The van der Waals surface area contributed by atoms with Crippen molar-refractivity contribution >= 4 is 19.8 Å². The van der Waals surface area contributed by atoms with E-state index in [0.29, 0.717) is 23.9 Å². The fourth-order valence-electron chi connectivity index (χ4n) is 6.57. The molecule has 0 amide bonds. The van der Waals surface area contributed by atoms with E-state index in [2.05, 4.69) is 74.6 Å². The van der Waals surface area contributed by atoms with Crippen molar-refractivity contribution < 1.29 is 42.1 Å². The molecule has 0 bridgehead atoms. The van der Waals surface area contributed by atoms with E-state index in [1.165, 1.54) is 109 Å². The smallest absolute Gasteiger partial charge is 0.462 e. The molecule has 360 valence electrons. The Hall–Kier alpha value is -2.29. The molecule has 0 aliphatic rings. The zero-order chi connectivity index (χ0) is 45.7. The van der Waals surface area contributed by atoms with E-state index < -0.39 is 32.5 Å². The number of carbonyl (C=O) groups is 2. The zero-order valence-corrected chi connectivity index (χ0v) is 41.5. The van der Waals surface area contributed by atoms with Gasteiger partial charge in [-0.05, 0) is 83.5 Å². The summed E-state index contributed by atoms with van der Waals surface area (Å²) in [5, 5.41) is 0. The van der Waals surface area contributed by atoms with Crippen molar-refractivity contribution in [3.05, 3.63) is 60.8 Å². The Kier molecular flexibility index (Phi) is 42.3. The van der Waals surface area contributed by atoms with Crippen LogP contribution in [0.4, 0.5) is 0 Å². The molecule has 0 aromatic rings. The molecule has 2 atom stereocenters. The predicted molar refractivity (Wildman–Crippen MR) is 261 cm³/mol. The maximum absolute atomic E-state index is 12.7. The van der Waals surface area contributed by atoms with Crippen molar-refractivity contribution in [1.82, 2.24) is 0 Å². The van der Waals surface area contributed by atoms with Crippen LogP contribution in [0.15, 0.2) is 60.8 Å². The first-order chi connectivity index (χ1) is 30.0. The average Bonchev–Trinajstić information content (AvgIpc) is 3.23. The highest BCUT2D eigenvalue weighted by Crippen LogP contribution is 2.43. The minimum Gasteiger partial charge on any atom is -0.462 e. The van der Waals surface area contributed by atoms with Crippen LogP contribution in [0, 0.1) is 0 Å². The number of likely N-dealkylation sites (N-methyl/N-ethyl adjacent to an activating group) is 1. The van der Waals surface area contributed by atoms with Crippen molar-refractivity contribution in [3.63, 3.8) is 0 Å². The lowest BCUT2D eigenvalue weighted by molar-refractivity contribution is -0.870. The van der Waals surface area contributed by atoms with Crippen LogP contribution in [-0.2, 0) is 32.7 Å². The van der Waals surface area contributed by atoms with Gasteiger partial charge in [0.2, 0.25) is 0 Å². The highest BCUT2D eigenvalue weighted by atomic mass is 31.2. The summed E-state index contributed by atoms with van der Waals surface area (Å²) in [5.41, 5.74) is 0. The third kappa shape index (κ3) is 47.2. The lowest BCUT2D eigenvalue weighted by Gasteiger charge is -2.24. The zero-order valence-electron chi connectivity index (χ0n) is 40.6. The topological polar surface area (TPSA) is 108 Å². The summed E-state index contributed by atoms with van der Waals surface area (Å²) in [6.45, 7) is 4.32. The van der Waals surface area contributed by atoms with E-state index in [9.17, 15) is 19.0 Å². The Morgan fingerprint density at radius 3 is 1.44 bits per heavy atom. The van der Waals surface area contributed by atoms with Crippen molar-refractivity contribution in [1.29, 1.82) is 0 Å². The molecule has 0 heterocycles. The molecule has 1 unspecified atom stereocenters. The van der Waals surface area contributed by atoms with Gasteiger partial charge in [-0.25, -0.2) is 4.57 Å². The number of hydrogen-bond donors (Lipinski definition) is 1. The number of nitrogens with zero attached hydrogens (tertiary/aromatic N) is 1. The lowest BCUT2D eigenvalue weighted by atomic mass is 10.0.